The Morgan fingerprint density at radius 2 is 1.92 bits per heavy atom. The van der Waals surface area contributed by atoms with E-state index in [2.05, 4.69) is 26.3 Å². The van der Waals surface area contributed by atoms with Gasteiger partial charge in [-0.05, 0) is 44.1 Å². The predicted molar refractivity (Wildman–Crippen MR) is 103 cm³/mol. The number of pyridine rings is 1. The second-order valence-corrected chi connectivity index (χ2v) is 6.69. The van der Waals surface area contributed by atoms with Crippen molar-refractivity contribution < 1.29 is 0 Å². The topological polar surface area (TPSA) is 63.9 Å². The Labute approximate surface area is 147 Å². The highest BCUT2D eigenvalue weighted by Crippen LogP contribution is 2.26. The molecule has 2 aromatic heterocycles. The molecule has 1 saturated heterocycles. The van der Waals surface area contributed by atoms with E-state index in [0.29, 0.717) is 5.56 Å². The fourth-order valence-corrected chi connectivity index (χ4v) is 3.63. The van der Waals surface area contributed by atoms with E-state index in [4.69, 9.17) is 0 Å². The van der Waals surface area contributed by atoms with Gasteiger partial charge >= 0.3 is 0 Å². The Kier molecular flexibility index (Phi) is 4.57. The number of likely N-dealkylation sites (tertiary alicyclic amines) is 1. The highest BCUT2D eigenvalue weighted by molar-refractivity contribution is 5.88. The smallest absolute Gasteiger partial charge is 0.259 e. The molecule has 0 atom stereocenters. The molecule has 25 heavy (non-hydrogen) atoms. The summed E-state index contributed by atoms with van der Waals surface area (Å²) in [6.07, 6.45) is 5.65. The van der Waals surface area contributed by atoms with Crippen LogP contribution >= 0.6 is 0 Å². The van der Waals surface area contributed by atoms with Gasteiger partial charge in [0.2, 0.25) is 0 Å². The minimum Gasteiger partial charge on any atom is -0.383 e. The Morgan fingerprint density at radius 3 is 2.76 bits per heavy atom. The second kappa shape index (κ2) is 7.15. The van der Waals surface area contributed by atoms with Gasteiger partial charge in [0, 0.05) is 30.2 Å². The van der Waals surface area contributed by atoms with Crippen LogP contribution in [0.2, 0.25) is 0 Å². The summed E-state index contributed by atoms with van der Waals surface area (Å²) in [5, 5.41) is 4.57. The molecule has 4 rings (SSSR count). The minimum atomic E-state index is -0.0745. The number of fused-ring (bicyclic) bond motifs is 1. The molecule has 130 valence electrons. The largest absolute Gasteiger partial charge is 0.383 e. The average Bonchev–Trinajstić information content (AvgIpc) is 3.06. The van der Waals surface area contributed by atoms with Gasteiger partial charge in [-0.1, -0.05) is 24.6 Å². The molecule has 0 spiro atoms. The van der Waals surface area contributed by atoms with Crippen molar-refractivity contribution in [3.05, 3.63) is 52.9 Å². The van der Waals surface area contributed by atoms with E-state index in [-0.39, 0.29) is 5.56 Å². The summed E-state index contributed by atoms with van der Waals surface area (Å²) in [5.41, 5.74) is 3.38. The lowest BCUT2D eigenvalue weighted by Crippen LogP contribution is -2.33. The van der Waals surface area contributed by atoms with Crippen molar-refractivity contribution in [2.24, 2.45) is 0 Å². The molecule has 1 aromatic carbocycles. The lowest BCUT2D eigenvalue weighted by atomic mass is 10.1. The van der Waals surface area contributed by atoms with Gasteiger partial charge in [0.1, 0.15) is 0 Å². The maximum absolute atomic E-state index is 12.5. The fourth-order valence-electron chi connectivity index (χ4n) is 3.63. The Bertz CT molecular complexity index is 872. The van der Waals surface area contributed by atoms with E-state index in [0.717, 1.165) is 35.4 Å². The summed E-state index contributed by atoms with van der Waals surface area (Å²) >= 11 is 0. The fraction of sp³-hybridized carbons (Fsp3) is 0.350. The molecule has 3 aromatic rings. The number of aromatic amines is 2. The SMILES string of the molecule is O=c1[nH]ccc(NCCN2CCCCC2)c1-c1cc2ccccc2[nH]1. The van der Waals surface area contributed by atoms with Crippen molar-refractivity contribution >= 4 is 16.6 Å². The van der Waals surface area contributed by atoms with Crippen LogP contribution in [0.5, 0.6) is 0 Å². The minimum absolute atomic E-state index is 0.0745. The second-order valence-electron chi connectivity index (χ2n) is 6.69. The number of nitrogens with one attached hydrogen (secondary N) is 3. The van der Waals surface area contributed by atoms with Gasteiger partial charge in [0.25, 0.3) is 5.56 Å². The Hall–Kier alpha value is -2.53. The summed E-state index contributed by atoms with van der Waals surface area (Å²) in [7, 11) is 0. The maximum atomic E-state index is 12.5. The quantitative estimate of drug-likeness (QED) is 0.669. The molecular weight excluding hydrogens is 312 g/mol. The number of para-hydroxylation sites is 1. The molecule has 0 aliphatic carbocycles. The third-order valence-corrected chi connectivity index (χ3v) is 4.95. The van der Waals surface area contributed by atoms with E-state index in [1.165, 1.54) is 32.4 Å². The number of hydrogen-bond acceptors (Lipinski definition) is 3. The molecule has 3 heterocycles. The summed E-state index contributed by atoms with van der Waals surface area (Å²) in [4.78, 5) is 21.1. The first-order valence-electron chi connectivity index (χ1n) is 9.07. The molecule has 1 aliphatic heterocycles. The first kappa shape index (κ1) is 16.0. The number of aromatic nitrogens is 2. The van der Waals surface area contributed by atoms with E-state index < -0.39 is 0 Å². The van der Waals surface area contributed by atoms with Crippen LogP contribution in [0.15, 0.2) is 47.4 Å². The lowest BCUT2D eigenvalue weighted by Gasteiger charge is -2.26. The van der Waals surface area contributed by atoms with Gasteiger partial charge in [0.15, 0.2) is 0 Å². The number of H-pyrrole nitrogens is 2. The number of benzene rings is 1. The standard InChI is InChI=1S/C20H24N4O/c25-20-19(18-14-15-6-2-3-7-16(15)23-18)17(8-9-22-20)21-10-13-24-11-4-1-5-12-24/h2-3,6-9,14,23H,1,4-5,10-13H2,(H2,21,22,25). The third-order valence-electron chi connectivity index (χ3n) is 4.95. The van der Waals surface area contributed by atoms with Gasteiger partial charge in [-0.25, -0.2) is 0 Å². The molecule has 0 bridgehead atoms. The highest BCUT2D eigenvalue weighted by Gasteiger charge is 2.13. The molecule has 1 fully saturated rings. The zero-order chi connectivity index (χ0) is 17.1. The van der Waals surface area contributed by atoms with Crippen LogP contribution < -0.4 is 10.9 Å². The number of piperidine rings is 1. The van der Waals surface area contributed by atoms with Crippen LogP contribution in [-0.2, 0) is 0 Å². The highest BCUT2D eigenvalue weighted by atomic mass is 16.1. The van der Waals surface area contributed by atoms with Crippen molar-refractivity contribution in [3.63, 3.8) is 0 Å². The van der Waals surface area contributed by atoms with Gasteiger partial charge < -0.3 is 20.2 Å². The number of nitrogens with zero attached hydrogens (tertiary/aromatic N) is 1. The maximum Gasteiger partial charge on any atom is 0.259 e. The van der Waals surface area contributed by atoms with Gasteiger partial charge in [0.05, 0.1) is 16.9 Å². The Morgan fingerprint density at radius 1 is 1.08 bits per heavy atom. The summed E-state index contributed by atoms with van der Waals surface area (Å²) < 4.78 is 0. The number of anilines is 1. The molecule has 5 heteroatoms. The first-order valence-corrected chi connectivity index (χ1v) is 9.07. The van der Waals surface area contributed by atoms with Crippen LogP contribution in [0.3, 0.4) is 0 Å². The zero-order valence-electron chi connectivity index (χ0n) is 14.3. The van der Waals surface area contributed by atoms with Crippen LogP contribution in [0.4, 0.5) is 5.69 Å². The number of hydrogen-bond donors (Lipinski definition) is 3. The molecule has 0 saturated carbocycles. The normalized spacial score (nSPS) is 15.5. The van der Waals surface area contributed by atoms with E-state index in [1.807, 2.05) is 30.3 Å². The van der Waals surface area contributed by atoms with Gasteiger partial charge in [-0.2, -0.15) is 0 Å². The van der Waals surface area contributed by atoms with E-state index in [1.54, 1.807) is 6.20 Å². The van der Waals surface area contributed by atoms with E-state index in [9.17, 15) is 4.79 Å². The van der Waals surface area contributed by atoms with Crippen molar-refractivity contribution in [2.45, 2.75) is 19.3 Å². The van der Waals surface area contributed by atoms with Crippen molar-refractivity contribution in [2.75, 3.05) is 31.5 Å². The predicted octanol–water partition coefficient (Wildman–Crippen LogP) is 3.42. The first-order chi connectivity index (χ1) is 12.3. The average molecular weight is 336 g/mol. The molecule has 0 unspecified atom stereocenters. The molecular formula is C20H24N4O. The van der Waals surface area contributed by atoms with Crippen molar-refractivity contribution in [1.29, 1.82) is 0 Å². The third kappa shape index (κ3) is 3.46. The zero-order valence-corrected chi connectivity index (χ0v) is 14.3. The molecule has 0 amide bonds. The van der Waals surface area contributed by atoms with Crippen molar-refractivity contribution in [1.82, 2.24) is 14.9 Å². The number of rotatable bonds is 5. The monoisotopic (exact) mass is 336 g/mol. The molecule has 0 radical (unpaired) electrons. The van der Waals surface area contributed by atoms with Crippen LogP contribution in [0, 0.1) is 0 Å². The lowest BCUT2D eigenvalue weighted by molar-refractivity contribution is 0.237. The van der Waals surface area contributed by atoms with Gasteiger partial charge in [-0.15, -0.1) is 0 Å². The van der Waals surface area contributed by atoms with Crippen LogP contribution in [-0.4, -0.2) is 41.0 Å². The Balaban J connectivity index is 1.56. The molecule has 1 aliphatic rings. The molecule has 3 N–H and O–H groups in total. The van der Waals surface area contributed by atoms with Gasteiger partial charge in [-0.3, -0.25) is 4.79 Å². The summed E-state index contributed by atoms with van der Waals surface area (Å²) in [6.45, 7) is 4.23. The van der Waals surface area contributed by atoms with Crippen LogP contribution in [0.25, 0.3) is 22.2 Å². The molecule has 5 nitrogen and oxygen atoms in total. The van der Waals surface area contributed by atoms with Crippen LogP contribution in [0.1, 0.15) is 19.3 Å². The van der Waals surface area contributed by atoms with E-state index >= 15 is 0 Å². The van der Waals surface area contributed by atoms with Crippen molar-refractivity contribution in [3.8, 4) is 11.3 Å². The summed E-state index contributed by atoms with van der Waals surface area (Å²) in [5.74, 6) is 0. The summed E-state index contributed by atoms with van der Waals surface area (Å²) in [6, 6.07) is 12.1.